The first-order valence-electron chi connectivity index (χ1n) is 6.51. The first kappa shape index (κ1) is 14.2. The van der Waals surface area contributed by atoms with E-state index in [9.17, 15) is 18.4 Å². The van der Waals surface area contributed by atoms with Crippen LogP contribution in [0.4, 0.5) is 14.5 Å². The van der Waals surface area contributed by atoms with Crippen LogP contribution in [-0.2, 0) is 15.5 Å². The van der Waals surface area contributed by atoms with Crippen molar-refractivity contribution in [1.29, 1.82) is 0 Å². The number of carboxylic acids is 1. The minimum Gasteiger partial charge on any atom is -0.480 e. The predicted molar refractivity (Wildman–Crippen MR) is 75.9 cm³/mol. The molecule has 0 fully saturated rings. The minimum absolute atomic E-state index is 0.0852. The molecular weight excluding hydrogens is 292 g/mol. The fourth-order valence-corrected chi connectivity index (χ4v) is 2.68. The highest BCUT2D eigenvalue weighted by Gasteiger charge is 2.44. The van der Waals surface area contributed by atoms with Crippen molar-refractivity contribution in [3.8, 4) is 11.1 Å². The second kappa shape index (κ2) is 4.91. The Balaban J connectivity index is 2.11. The molecule has 0 radical (unpaired) electrons. The summed E-state index contributed by atoms with van der Waals surface area (Å²) in [5, 5.41) is 8.77. The Hall–Kier alpha value is -2.76. The number of amides is 1. The lowest BCUT2D eigenvalue weighted by Gasteiger charge is -2.18. The Bertz CT molecular complexity index is 774. The molecule has 0 bridgehead atoms. The molecule has 3 rings (SSSR count). The summed E-state index contributed by atoms with van der Waals surface area (Å²) in [6, 6.07) is 10.3. The average molecular weight is 303 g/mol. The van der Waals surface area contributed by atoms with E-state index < -0.39 is 18.4 Å². The molecule has 0 unspecified atom stereocenters. The van der Waals surface area contributed by atoms with E-state index in [2.05, 4.69) is 0 Å². The third-order valence-corrected chi connectivity index (χ3v) is 3.66. The van der Waals surface area contributed by atoms with E-state index in [1.165, 1.54) is 24.3 Å². The van der Waals surface area contributed by atoms with Crippen LogP contribution in [0.1, 0.15) is 11.1 Å². The number of hydrogen-bond acceptors (Lipinski definition) is 2. The van der Waals surface area contributed by atoms with Gasteiger partial charge in [-0.05, 0) is 23.3 Å². The number of alkyl halides is 2. The first-order valence-corrected chi connectivity index (χ1v) is 6.51. The number of carbonyl (C=O) groups excluding carboxylic acids is 1. The molecule has 112 valence electrons. The monoisotopic (exact) mass is 303 g/mol. The molecule has 1 aliphatic rings. The lowest BCUT2D eigenvalue weighted by Crippen LogP contribution is -2.28. The molecule has 2 aromatic carbocycles. The van der Waals surface area contributed by atoms with Crippen molar-refractivity contribution < 1.29 is 23.5 Å². The van der Waals surface area contributed by atoms with Gasteiger partial charge >= 0.3 is 5.97 Å². The summed E-state index contributed by atoms with van der Waals surface area (Å²) in [6.45, 7) is -0.583. The summed E-state index contributed by atoms with van der Waals surface area (Å²) < 4.78 is 29.0. The quantitative estimate of drug-likeness (QED) is 0.884. The van der Waals surface area contributed by atoms with Gasteiger partial charge in [0.2, 0.25) is 6.41 Å². The molecule has 0 aromatic heterocycles. The van der Waals surface area contributed by atoms with Crippen LogP contribution in [0.5, 0.6) is 0 Å². The summed E-state index contributed by atoms with van der Waals surface area (Å²) in [5.41, 5.74) is 0.667. The molecule has 0 aliphatic heterocycles. The molecule has 0 saturated heterocycles. The summed E-state index contributed by atoms with van der Waals surface area (Å²) in [6.07, 6.45) is 0.316. The van der Waals surface area contributed by atoms with Gasteiger partial charge < -0.3 is 10.0 Å². The van der Waals surface area contributed by atoms with Gasteiger partial charge in [0.25, 0.3) is 5.92 Å². The second-order valence-electron chi connectivity index (χ2n) is 4.98. The van der Waals surface area contributed by atoms with Gasteiger partial charge in [0.15, 0.2) is 0 Å². The number of nitrogens with zero attached hydrogens (tertiary/aromatic N) is 1. The second-order valence-corrected chi connectivity index (χ2v) is 4.98. The molecule has 1 N–H and O–H groups in total. The molecule has 1 aliphatic carbocycles. The van der Waals surface area contributed by atoms with Crippen molar-refractivity contribution in [3.05, 3.63) is 53.6 Å². The van der Waals surface area contributed by atoms with E-state index in [4.69, 9.17) is 5.11 Å². The number of rotatable bonds is 4. The first-order chi connectivity index (χ1) is 10.4. The van der Waals surface area contributed by atoms with Gasteiger partial charge in [-0.15, -0.1) is 0 Å². The SMILES string of the molecule is O=CN(CC(=O)O)c1ccc2c(c1)C(F)(F)c1ccccc1-2. The predicted octanol–water partition coefficient (Wildman–Crippen LogP) is 2.85. The average Bonchev–Trinajstić information content (AvgIpc) is 2.73. The van der Waals surface area contributed by atoms with E-state index in [-0.39, 0.29) is 16.8 Å². The largest absolute Gasteiger partial charge is 0.480 e. The van der Waals surface area contributed by atoms with Crippen LogP contribution < -0.4 is 4.90 Å². The van der Waals surface area contributed by atoms with Gasteiger partial charge in [0, 0.05) is 16.8 Å². The molecule has 0 atom stereocenters. The highest BCUT2D eigenvalue weighted by Crippen LogP contribution is 2.51. The van der Waals surface area contributed by atoms with Gasteiger partial charge in [0.1, 0.15) is 6.54 Å². The van der Waals surface area contributed by atoms with E-state index in [0.29, 0.717) is 17.5 Å². The Morgan fingerprint density at radius 2 is 1.82 bits per heavy atom. The van der Waals surface area contributed by atoms with Crippen molar-refractivity contribution in [2.45, 2.75) is 5.92 Å². The van der Waals surface area contributed by atoms with Crippen LogP contribution in [-0.4, -0.2) is 24.0 Å². The minimum atomic E-state index is -3.17. The normalized spacial score (nSPS) is 14.1. The Labute approximate surface area is 124 Å². The lowest BCUT2D eigenvalue weighted by molar-refractivity contribution is -0.136. The summed E-state index contributed by atoms with van der Waals surface area (Å²) in [4.78, 5) is 22.6. The van der Waals surface area contributed by atoms with E-state index in [0.717, 1.165) is 4.90 Å². The van der Waals surface area contributed by atoms with Crippen molar-refractivity contribution in [3.63, 3.8) is 0 Å². The van der Waals surface area contributed by atoms with Crippen LogP contribution in [0.2, 0.25) is 0 Å². The molecular formula is C16H11F2NO3. The van der Waals surface area contributed by atoms with Gasteiger partial charge in [-0.2, -0.15) is 8.78 Å². The molecule has 1 amide bonds. The number of halogens is 2. The van der Waals surface area contributed by atoms with Gasteiger partial charge in [-0.3, -0.25) is 9.59 Å². The van der Waals surface area contributed by atoms with Crippen molar-refractivity contribution >= 4 is 18.1 Å². The Kier molecular flexibility index (Phi) is 3.16. The van der Waals surface area contributed by atoms with Gasteiger partial charge in [-0.1, -0.05) is 30.3 Å². The fourth-order valence-electron chi connectivity index (χ4n) is 2.68. The number of carbonyl (C=O) groups is 2. The third kappa shape index (κ3) is 2.04. The van der Waals surface area contributed by atoms with Crippen LogP contribution in [0.15, 0.2) is 42.5 Å². The maximum absolute atomic E-state index is 14.5. The van der Waals surface area contributed by atoms with Crippen molar-refractivity contribution in [1.82, 2.24) is 0 Å². The van der Waals surface area contributed by atoms with Crippen LogP contribution >= 0.6 is 0 Å². The maximum atomic E-state index is 14.5. The third-order valence-electron chi connectivity index (χ3n) is 3.66. The lowest BCUT2D eigenvalue weighted by atomic mass is 10.1. The zero-order chi connectivity index (χ0) is 15.9. The number of fused-ring (bicyclic) bond motifs is 3. The maximum Gasteiger partial charge on any atom is 0.323 e. The highest BCUT2D eigenvalue weighted by atomic mass is 19.3. The fraction of sp³-hybridized carbons (Fsp3) is 0.125. The van der Waals surface area contributed by atoms with Crippen LogP contribution in [0.3, 0.4) is 0 Å². The van der Waals surface area contributed by atoms with Crippen molar-refractivity contribution in [2.75, 3.05) is 11.4 Å². The topological polar surface area (TPSA) is 57.6 Å². The van der Waals surface area contributed by atoms with Crippen LogP contribution in [0.25, 0.3) is 11.1 Å². The molecule has 0 spiro atoms. The molecule has 22 heavy (non-hydrogen) atoms. The van der Waals surface area contributed by atoms with E-state index in [1.54, 1.807) is 18.2 Å². The number of aliphatic carboxylic acids is 1. The van der Waals surface area contributed by atoms with E-state index >= 15 is 0 Å². The molecule has 6 heteroatoms. The van der Waals surface area contributed by atoms with Gasteiger partial charge in [-0.25, -0.2) is 0 Å². The summed E-state index contributed by atoms with van der Waals surface area (Å²) >= 11 is 0. The molecule has 2 aromatic rings. The van der Waals surface area contributed by atoms with Crippen LogP contribution in [0, 0.1) is 0 Å². The molecule has 0 heterocycles. The smallest absolute Gasteiger partial charge is 0.323 e. The standard InChI is InChI=1S/C16H11F2NO3/c17-16(18)13-4-2-1-3-11(13)12-6-5-10(7-14(12)16)19(9-20)8-15(21)22/h1-7,9H,8H2,(H,21,22). The van der Waals surface area contributed by atoms with Crippen molar-refractivity contribution in [2.24, 2.45) is 0 Å². The number of hydrogen-bond donors (Lipinski definition) is 1. The molecule has 0 saturated carbocycles. The highest BCUT2D eigenvalue weighted by molar-refractivity contribution is 5.87. The summed E-state index contributed by atoms with van der Waals surface area (Å²) in [7, 11) is 0. The van der Waals surface area contributed by atoms with E-state index in [1.807, 2.05) is 0 Å². The Morgan fingerprint density at radius 1 is 1.14 bits per heavy atom. The number of carboxylic acid groups (broad SMARTS) is 1. The van der Waals surface area contributed by atoms with Gasteiger partial charge in [0.05, 0.1) is 0 Å². The zero-order valence-corrected chi connectivity index (χ0v) is 11.3. The number of anilines is 1. The number of benzene rings is 2. The zero-order valence-electron chi connectivity index (χ0n) is 11.3. The Morgan fingerprint density at radius 3 is 2.50 bits per heavy atom. The molecule has 4 nitrogen and oxygen atoms in total. The summed E-state index contributed by atoms with van der Waals surface area (Å²) in [5.74, 6) is -4.39.